The molecule has 4 aromatic rings. The summed E-state index contributed by atoms with van der Waals surface area (Å²) >= 11 is 2.32. The average molecular weight is 459 g/mol. The zero-order valence-corrected chi connectivity index (χ0v) is 16.3. The molecule has 0 aliphatic rings. The van der Waals surface area contributed by atoms with Crippen molar-refractivity contribution < 1.29 is 0 Å². The van der Waals surface area contributed by atoms with Crippen LogP contribution in [-0.2, 0) is 0 Å². The summed E-state index contributed by atoms with van der Waals surface area (Å²) < 4.78 is 1.22. The van der Waals surface area contributed by atoms with E-state index in [1.807, 2.05) is 30.3 Å². The van der Waals surface area contributed by atoms with Crippen LogP contribution in [-0.4, -0.2) is 4.98 Å². The summed E-state index contributed by atoms with van der Waals surface area (Å²) in [5.74, 6) is 0. The molecule has 25 heavy (non-hydrogen) atoms. The summed E-state index contributed by atoms with van der Waals surface area (Å²) in [5, 5.41) is 4.66. The number of para-hydroxylation sites is 1. The Morgan fingerprint density at radius 1 is 0.760 bits per heavy atom. The maximum absolute atomic E-state index is 4.82. The van der Waals surface area contributed by atoms with Crippen LogP contribution in [0.2, 0.25) is 0 Å². The van der Waals surface area contributed by atoms with Crippen molar-refractivity contribution >= 4 is 57.3 Å². The molecule has 0 radical (unpaired) electrons. The quantitative estimate of drug-likeness (QED) is 0.347. The number of hydrogen-bond acceptors (Lipinski definition) is 2. The van der Waals surface area contributed by atoms with Crippen molar-refractivity contribution in [2.75, 3.05) is 5.32 Å². The number of benzene rings is 3. The van der Waals surface area contributed by atoms with Gasteiger partial charge in [0.1, 0.15) is 0 Å². The summed E-state index contributed by atoms with van der Waals surface area (Å²) in [4.78, 5) is 4.82. The second kappa shape index (κ2) is 7.85. The van der Waals surface area contributed by atoms with Gasteiger partial charge in [-0.25, -0.2) is 4.98 Å². The number of nitrogens with one attached hydrogen (secondary N) is 1. The van der Waals surface area contributed by atoms with E-state index >= 15 is 0 Å². The summed E-state index contributed by atoms with van der Waals surface area (Å²) in [6.07, 6.45) is 0. The highest BCUT2D eigenvalue weighted by Crippen LogP contribution is 2.30. The van der Waals surface area contributed by atoms with Gasteiger partial charge >= 0.3 is 0 Å². The summed E-state index contributed by atoms with van der Waals surface area (Å²) in [6.45, 7) is 0. The molecule has 3 aromatic carbocycles. The van der Waals surface area contributed by atoms with E-state index in [4.69, 9.17) is 4.98 Å². The molecule has 0 bridgehead atoms. The van der Waals surface area contributed by atoms with Crippen molar-refractivity contribution in [3.05, 3.63) is 88.5 Å². The third kappa shape index (κ3) is 3.94. The Labute approximate surface area is 166 Å². The van der Waals surface area contributed by atoms with Crippen molar-refractivity contribution in [3.63, 3.8) is 0 Å². The molecule has 1 N–H and O–H groups in total. The molecule has 4 heteroatoms. The Morgan fingerprint density at radius 3 is 2.20 bits per heavy atom. The molecule has 0 aliphatic carbocycles. The number of fused-ring (bicyclic) bond motifs is 1. The zero-order valence-electron chi connectivity index (χ0n) is 13.3. The first-order chi connectivity index (χ1) is 11.8. The van der Waals surface area contributed by atoms with Gasteiger partial charge in [0.15, 0.2) is 0 Å². The first kappa shape index (κ1) is 17.7. The molecule has 124 valence electrons. The summed E-state index contributed by atoms with van der Waals surface area (Å²) in [5.41, 5.74) is 5.23. The lowest BCUT2D eigenvalue weighted by molar-refractivity contribution is 1.39. The molecule has 0 atom stereocenters. The second-order valence-corrected chi connectivity index (χ2v) is 6.82. The third-order valence-electron chi connectivity index (χ3n) is 3.91. The van der Waals surface area contributed by atoms with Gasteiger partial charge < -0.3 is 5.32 Å². The average Bonchev–Trinajstić information content (AvgIpc) is 2.64. The molecule has 0 fully saturated rings. The standard InChI is InChI=1S/C21H15IN2.ClH/c22-16-10-12-17(13-11-16)23-21-14-20(15-6-2-1-3-7-15)24-19-9-5-4-8-18(19)21;/h1-14H,(H,23,24);1H. The number of pyridine rings is 1. The van der Waals surface area contributed by atoms with E-state index in [0.717, 1.165) is 33.5 Å². The van der Waals surface area contributed by atoms with E-state index in [1.165, 1.54) is 3.57 Å². The van der Waals surface area contributed by atoms with Gasteiger partial charge in [0.2, 0.25) is 0 Å². The third-order valence-corrected chi connectivity index (χ3v) is 4.63. The fourth-order valence-corrected chi connectivity index (χ4v) is 3.08. The number of rotatable bonds is 3. The minimum Gasteiger partial charge on any atom is -0.355 e. The zero-order chi connectivity index (χ0) is 16.4. The van der Waals surface area contributed by atoms with Gasteiger partial charge in [0, 0.05) is 20.2 Å². The number of nitrogens with zero attached hydrogens (tertiary/aromatic N) is 1. The number of halogens is 2. The maximum Gasteiger partial charge on any atom is 0.0730 e. The van der Waals surface area contributed by atoms with Crippen LogP contribution in [0.15, 0.2) is 84.9 Å². The second-order valence-electron chi connectivity index (χ2n) is 5.57. The first-order valence-electron chi connectivity index (χ1n) is 7.77. The maximum atomic E-state index is 4.82. The van der Waals surface area contributed by atoms with E-state index in [9.17, 15) is 0 Å². The summed E-state index contributed by atoms with van der Waals surface area (Å²) in [7, 11) is 0. The molecular formula is C21H16ClIN2. The minimum absolute atomic E-state index is 0. The molecule has 0 spiro atoms. The van der Waals surface area contributed by atoms with Crippen LogP contribution >= 0.6 is 35.0 Å². The van der Waals surface area contributed by atoms with E-state index in [1.54, 1.807) is 0 Å². The number of aromatic nitrogens is 1. The normalized spacial score (nSPS) is 10.3. The van der Waals surface area contributed by atoms with Gasteiger partial charge in [-0.05, 0) is 59.0 Å². The van der Waals surface area contributed by atoms with E-state index in [0.29, 0.717) is 0 Å². The predicted molar refractivity (Wildman–Crippen MR) is 117 cm³/mol. The van der Waals surface area contributed by atoms with Crippen molar-refractivity contribution in [2.24, 2.45) is 0 Å². The highest BCUT2D eigenvalue weighted by Gasteiger charge is 2.07. The van der Waals surface area contributed by atoms with Gasteiger partial charge in [-0.3, -0.25) is 0 Å². The van der Waals surface area contributed by atoms with Gasteiger partial charge in [-0.1, -0.05) is 48.5 Å². The highest BCUT2D eigenvalue weighted by molar-refractivity contribution is 14.1. The van der Waals surface area contributed by atoms with Gasteiger partial charge in [0.05, 0.1) is 16.9 Å². The largest absolute Gasteiger partial charge is 0.355 e. The van der Waals surface area contributed by atoms with Crippen LogP contribution in [0.1, 0.15) is 0 Å². The molecule has 2 nitrogen and oxygen atoms in total. The van der Waals surface area contributed by atoms with Crippen molar-refractivity contribution in [2.45, 2.75) is 0 Å². The first-order valence-corrected chi connectivity index (χ1v) is 8.85. The van der Waals surface area contributed by atoms with Crippen molar-refractivity contribution in [1.29, 1.82) is 0 Å². The van der Waals surface area contributed by atoms with Crippen molar-refractivity contribution in [1.82, 2.24) is 4.98 Å². The van der Waals surface area contributed by atoms with Gasteiger partial charge in [-0.2, -0.15) is 0 Å². The SMILES string of the molecule is Cl.Ic1ccc(Nc2cc(-c3ccccc3)nc3ccccc23)cc1. The Kier molecular flexibility index (Phi) is 5.56. The van der Waals surface area contributed by atoms with Crippen LogP contribution in [0.3, 0.4) is 0 Å². The van der Waals surface area contributed by atoms with Crippen LogP contribution in [0, 0.1) is 3.57 Å². The smallest absolute Gasteiger partial charge is 0.0730 e. The molecular weight excluding hydrogens is 443 g/mol. The van der Waals surface area contributed by atoms with E-state index in [-0.39, 0.29) is 12.4 Å². The van der Waals surface area contributed by atoms with Crippen LogP contribution in [0.4, 0.5) is 11.4 Å². The van der Waals surface area contributed by atoms with Crippen molar-refractivity contribution in [3.8, 4) is 11.3 Å². The fourth-order valence-electron chi connectivity index (χ4n) is 2.72. The lowest BCUT2D eigenvalue weighted by atomic mass is 10.1. The lowest BCUT2D eigenvalue weighted by Gasteiger charge is -2.12. The lowest BCUT2D eigenvalue weighted by Crippen LogP contribution is -1.95. The fraction of sp³-hybridized carbons (Fsp3) is 0. The van der Waals surface area contributed by atoms with Gasteiger partial charge in [0.25, 0.3) is 0 Å². The molecule has 4 rings (SSSR count). The van der Waals surface area contributed by atoms with Gasteiger partial charge in [-0.15, -0.1) is 12.4 Å². The van der Waals surface area contributed by atoms with Crippen LogP contribution in [0.5, 0.6) is 0 Å². The van der Waals surface area contributed by atoms with Crippen LogP contribution < -0.4 is 5.32 Å². The molecule has 1 heterocycles. The Balaban J connectivity index is 0.00000182. The minimum atomic E-state index is 0. The van der Waals surface area contributed by atoms with E-state index in [2.05, 4.69) is 82.5 Å². The monoisotopic (exact) mass is 458 g/mol. The topological polar surface area (TPSA) is 24.9 Å². The molecule has 0 unspecified atom stereocenters. The molecule has 0 amide bonds. The highest BCUT2D eigenvalue weighted by atomic mass is 127. The Hall–Kier alpha value is -2.11. The number of hydrogen-bond donors (Lipinski definition) is 1. The molecule has 0 aliphatic heterocycles. The molecule has 1 aromatic heterocycles. The predicted octanol–water partition coefficient (Wildman–Crippen LogP) is 6.67. The van der Waals surface area contributed by atoms with Crippen LogP contribution in [0.25, 0.3) is 22.2 Å². The van der Waals surface area contributed by atoms with E-state index < -0.39 is 0 Å². The number of anilines is 2. The Morgan fingerprint density at radius 2 is 1.44 bits per heavy atom. The Bertz CT molecular complexity index is 986. The molecule has 0 saturated carbocycles. The molecule has 0 saturated heterocycles. The summed E-state index contributed by atoms with van der Waals surface area (Å²) in [6, 6.07) is 29.0.